The Morgan fingerprint density at radius 1 is 0.357 bits per heavy atom. The normalized spacial score (nSPS) is 18.5. The average Bonchev–Trinajstić information content (AvgIpc) is 1.86. The van der Waals surface area contributed by atoms with E-state index < -0.39 is 290 Å². The molecule has 31 N–H and O–H groups in total. The van der Waals surface area contributed by atoms with Crippen LogP contribution in [0.15, 0.2) is 0 Å². The number of unbranched alkanes of at least 4 members (excludes halogenated alkanes) is 3. The van der Waals surface area contributed by atoms with E-state index in [2.05, 4.69) is 106 Å². The van der Waals surface area contributed by atoms with Gasteiger partial charge in [0.05, 0.1) is 45.9 Å². The van der Waals surface area contributed by atoms with E-state index in [1.54, 1.807) is 111 Å². The van der Waals surface area contributed by atoms with Crippen molar-refractivity contribution < 1.29 is 116 Å². The van der Waals surface area contributed by atoms with Crippen molar-refractivity contribution >= 4 is 146 Å². The lowest BCUT2D eigenvalue weighted by atomic mass is 9.99. The van der Waals surface area contributed by atoms with E-state index in [-0.39, 0.29) is 125 Å². The van der Waals surface area contributed by atoms with Crippen LogP contribution in [0.3, 0.4) is 0 Å². The summed E-state index contributed by atoms with van der Waals surface area (Å²) in [6.45, 7) is 25.5. The van der Waals surface area contributed by atoms with Gasteiger partial charge in [0.2, 0.25) is 118 Å². The molecule has 48 nitrogen and oxygen atoms in total. The van der Waals surface area contributed by atoms with E-state index in [0.717, 1.165) is 21.6 Å². The first-order chi connectivity index (χ1) is 65.7. The fraction of sp³-hybridized carbons (Fsp3) is 0.767. The van der Waals surface area contributed by atoms with Crippen LogP contribution in [-0.2, 0) is 101 Å². The maximum absolute atomic E-state index is 14.7. The van der Waals surface area contributed by atoms with Gasteiger partial charge in [-0.3, -0.25) is 95.9 Å². The molecule has 140 heavy (non-hydrogen) atoms. The number of nitrogens with one attached hydrogen (secondary N) is 20. The molecule has 0 aliphatic carbocycles. The molecule has 0 aromatic rings. The highest BCUT2D eigenvalue weighted by Crippen LogP contribution is 2.25. The Morgan fingerprint density at radius 2 is 0.721 bits per heavy atom. The summed E-state index contributed by atoms with van der Waals surface area (Å²) in [5.74, 6) is -23.5. The topological polar surface area (TPSA) is 764 Å². The first kappa shape index (κ1) is 127. The van der Waals surface area contributed by atoms with E-state index in [1.165, 1.54) is 0 Å². The van der Waals surface area contributed by atoms with Gasteiger partial charge >= 0.3 is 5.97 Å². The predicted octanol–water partition coefficient (Wildman–Crippen LogP) is -6.13. The van der Waals surface area contributed by atoms with Gasteiger partial charge in [0.1, 0.15) is 96.7 Å². The fourth-order valence-electron chi connectivity index (χ4n) is 14.2. The van der Waals surface area contributed by atoms with Gasteiger partial charge in [-0.2, -0.15) is 0 Å². The van der Waals surface area contributed by atoms with E-state index in [9.17, 15) is 116 Å². The van der Waals surface area contributed by atoms with Crippen molar-refractivity contribution in [3.8, 4) is 0 Å². The number of rotatable bonds is 57. The molecule has 0 saturated carbocycles. The standard InChI is InChI=1S/C90H162N24O24S2/c1-45(2)31-57(105-88(135)73(52(15)16)113-80(127)56(27-21-24-30-93)103-85(132)63(42-116)107-83(130)60(34-48(7)8)104-81(128)58(32-46(3)4)100-66(117)36-94)75(122)95-39-69(120)111-71(50(11)12)86(133)98-38-67(118)99-54(25-19-22-28-91)78(125)102-55(26-20-23-29-92)79(126)114-74(53(17)18)89(136)106-61(35-49(9)10)84(131)109-64-43-139-140-44-65(90(137)138)110-82(129)59(33-47(5)6)101-68(119)37-96-76(123)62(41-115)108-87(134)72(51(13)14)112-70(121)40-97-77(64)124/h45-65,71-74,115-116H,19-44,91-94H2,1-18H3,(H,95,122)(H,96,123)(H,97,124)(H,98,133)(H,99,118)(H,100,117)(H,101,119)(H,102,125)(H,103,132)(H,104,128)(H,105,135)(H,106,136)(H,107,130)(H,108,134)(H,109,131)(H,110,129)(H,111,120)(H,112,121)(H,113,127)(H,114,126)(H,137,138)/t54?,55-,56-,57-,58-,59?,60?,61+,62+,63-,64+,65-,71+,72+,73+,74+/m0/s1. The van der Waals surface area contributed by atoms with Crippen molar-refractivity contribution in [2.75, 3.05) is 77.1 Å². The summed E-state index contributed by atoms with van der Waals surface area (Å²) >= 11 is 0. The largest absolute Gasteiger partial charge is 0.480 e. The highest BCUT2D eigenvalue weighted by molar-refractivity contribution is 8.76. The smallest absolute Gasteiger partial charge is 0.327 e. The number of hydrogen-bond acceptors (Lipinski definition) is 29. The van der Waals surface area contributed by atoms with Crippen LogP contribution in [0.4, 0.5) is 0 Å². The van der Waals surface area contributed by atoms with Crippen molar-refractivity contribution in [1.82, 2.24) is 106 Å². The third-order valence-electron chi connectivity index (χ3n) is 21.8. The van der Waals surface area contributed by atoms with Crippen LogP contribution in [0.25, 0.3) is 0 Å². The summed E-state index contributed by atoms with van der Waals surface area (Å²) in [6.07, 6.45) is 2.08. The van der Waals surface area contributed by atoms with Gasteiger partial charge in [0.25, 0.3) is 0 Å². The molecule has 0 bridgehead atoms. The summed E-state index contributed by atoms with van der Waals surface area (Å²) in [5, 5.41) is 81.5. The Balaban J connectivity index is 3.52. The third kappa shape index (κ3) is 50.1. The Bertz CT molecular complexity index is 4050. The van der Waals surface area contributed by atoms with Crippen LogP contribution in [0.5, 0.6) is 0 Å². The maximum Gasteiger partial charge on any atom is 0.327 e. The zero-order chi connectivity index (χ0) is 106. The molecule has 1 saturated heterocycles. The SMILES string of the molecule is CC(C)CC1NC(=O)CNC(=O)[C@@H](CO)NC(=O)[C@@H](C(C)C)NC(=O)CNC(=O)[C@H](NC(=O)[C@@H](CC(C)C)NC(=O)[C@H](NC(=O)[C@H](CCCCN)NC(=O)C(CCCCN)NC(=O)CNC(=O)[C@H](NC(=O)CNC(=O)[C@H](CC(C)C)NC(=O)[C@H](NC(=O)[C@H](CCCCN)NC(=O)[C@H](CO)NC(=O)C(CC(C)C)NC(=O)[C@H](CC(C)C)NC(=O)CN)C(C)C)C(C)C)C(C)C)CSSC[C@@H](C(=O)O)NC1=O. The summed E-state index contributed by atoms with van der Waals surface area (Å²) in [4.78, 5) is 290. The zero-order valence-electron chi connectivity index (χ0n) is 84.4. The maximum atomic E-state index is 14.7. The first-order valence-corrected chi connectivity index (χ1v) is 50.6. The lowest BCUT2D eigenvalue weighted by molar-refractivity contribution is -0.141. The van der Waals surface area contributed by atoms with Crippen LogP contribution < -0.4 is 129 Å². The van der Waals surface area contributed by atoms with Gasteiger partial charge in [-0.05, 0) is 163 Å². The van der Waals surface area contributed by atoms with Crippen molar-refractivity contribution in [3.63, 3.8) is 0 Å². The average molecular weight is 2030 g/mol. The second-order valence-corrected chi connectivity index (χ2v) is 40.9. The highest BCUT2D eigenvalue weighted by atomic mass is 33.1. The summed E-state index contributed by atoms with van der Waals surface area (Å²) in [7, 11) is 1.74. The molecule has 1 heterocycles. The van der Waals surface area contributed by atoms with E-state index in [1.807, 2.05) is 13.8 Å². The van der Waals surface area contributed by atoms with Crippen molar-refractivity contribution in [3.05, 3.63) is 0 Å². The van der Waals surface area contributed by atoms with E-state index in [0.29, 0.717) is 25.7 Å². The van der Waals surface area contributed by atoms with Gasteiger partial charge in [-0.25, -0.2) is 4.79 Å². The second kappa shape index (κ2) is 67.7. The lowest BCUT2D eigenvalue weighted by Crippen LogP contribution is -2.61. The first-order valence-electron chi connectivity index (χ1n) is 48.1. The molecule has 1 aliphatic heterocycles. The van der Waals surface area contributed by atoms with Gasteiger partial charge < -0.3 is 145 Å². The van der Waals surface area contributed by atoms with Crippen LogP contribution in [0.2, 0.25) is 0 Å². The van der Waals surface area contributed by atoms with Crippen LogP contribution in [0.1, 0.15) is 215 Å². The van der Waals surface area contributed by atoms with Crippen molar-refractivity contribution in [1.29, 1.82) is 0 Å². The quantitative estimate of drug-likeness (QED) is 0.0199. The molecule has 0 aromatic carbocycles. The molecule has 0 spiro atoms. The summed E-state index contributed by atoms with van der Waals surface area (Å²) < 4.78 is 0. The van der Waals surface area contributed by atoms with E-state index >= 15 is 0 Å². The monoisotopic (exact) mass is 2030 g/mol. The predicted molar refractivity (Wildman–Crippen MR) is 524 cm³/mol. The summed E-state index contributed by atoms with van der Waals surface area (Å²) in [5.41, 5.74) is 23.0. The van der Waals surface area contributed by atoms with Gasteiger partial charge in [0, 0.05) is 11.5 Å². The number of aliphatic carboxylic acids is 1. The Morgan fingerprint density at radius 3 is 1.14 bits per heavy atom. The van der Waals surface area contributed by atoms with Gasteiger partial charge in [-0.15, -0.1) is 0 Å². The number of carbonyl (C=O) groups is 21. The lowest BCUT2D eigenvalue weighted by Gasteiger charge is -2.29. The molecule has 50 heteroatoms. The van der Waals surface area contributed by atoms with Crippen molar-refractivity contribution in [2.24, 2.45) is 76.2 Å². The number of aliphatic hydroxyl groups is 2. The zero-order valence-corrected chi connectivity index (χ0v) is 86.0. The molecule has 20 amide bonds. The minimum absolute atomic E-state index is 0.0141. The molecular weight excluding hydrogens is 1870 g/mol. The van der Waals surface area contributed by atoms with Crippen LogP contribution >= 0.6 is 21.6 Å². The van der Waals surface area contributed by atoms with Crippen LogP contribution in [-0.4, -0.2) is 313 Å². The molecule has 0 radical (unpaired) electrons. The molecule has 0 aromatic heterocycles. The number of hydrogen-bond donors (Lipinski definition) is 27. The second-order valence-electron chi connectivity index (χ2n) is 38.3. The number of amides is 20. The Hall–Kier alpha value is -10.7. The Labute approximate surface area is 828 Å². The van der Waals surface area contributed by atoms with Crippen molar-refractivity contribution in [2.45, 2.75) is 311 Å². The minimum Gasteiger partial charge on any atom is -0.480 e. The summed E-state index contributed by atoms with van der Waals surface area (Å²) in [6, 6.07) is -22.5. The molecular formula is C90H162N24O24S2. The number of nitrogens with two attached hydrogens (primary N) is 4. The molecule has 1 rings (SSSR count). The fourth-order valence-corrected chi connectivity index (χ4v) is 16.5. The number of carboxylic acid groups (broad SMARTS) is 1. The van der Waals surface area contributed by atoms with Crippen LogP contribution in [0, 0.1) is 53.3 Å². The third-order valence-corrected chi connectivity index (χ3v) is 24.3. The molecule has 1 fully saturated rings. The molecule has 16 atom stereocenters. The van der Waals surface area contributed by atoms with E-state index in [4.69, 9.17) is 22.9 Å². The van der Waals surface area contributed by atoms with Gasteiger partial charge in [-0.1, -0.05) is 146 Å². The minimum atomic E-state index is -1.66. The highest BCUT2D eigenvalue weighted by Gasteiger charge is 2.41. The number of aliphatic hydroxyl groups excluding tert-OH is 2. The van der Waals surface area contributed by atoms with Gasteiger partial charge in [0.15, 0.2) is 0 Å². The molecule has 1 aliphatic rings. The molecule has 3 unspecified atom stereocenters. The molecule has 798 valence electrons. The Kier molecular flexibility index (Phi) is 61.6. The number of carboxylic acids is 1. The number of carbonyl (C=O) groups excluding carboxylic acids is 20.